The van der Waals surface area contributed by atoms with Crippen LogP contribution in [0.1, 0.15) is 20.7 Å². The predicted molar refractivity (Wildman–Crippen MR) is 78.3 cm³/mol. The summed E-state index contributed by atoms with van der Waals surface area (Å²) in [5.74, 6) is -0.249. The molecule has 102 valence electrons. The molecule has 0 aromatic carbocycles. The Kier molecular flexibility index (Phi) is 4.76. The second-order valence-electron chi connectivity index (χ2n) is 3.65. The zero-order chi connectivity index (χ0) is 13.8. The Morgan fingerprint density at radius 3 is 2.89 bits per heavy atom. The zero-order valence-electron chi connectivity index (χ0n) is 10.0. The third-order valence-electron chi connectivity index (χ3n) is 2.32. The molecule has 1 atom stereocenters. The van der Waals surface area contributed by atoms with Crippen LogP contribution >= 0.6 is 34.3 Å². The van der Waals surface area contributed by atoms with E-state index in [1.54, 1.807) is 19.2 Å². The fraction of sp³-hybridized carbons (Fsp3) is 0.273. The molecule has 2 aromatic heterocycles. The third kappa shape index (κ3) is 3.66. The number of aliphatic hydroxyl groups excluding tert-OH is 1. The summed E-state index contributed by atoms with van der Waals surface area (Å²) in [7, 11) is 1.74. The number of aromatic nitrogens is 1. The number of rotatable bonds is 5. The molecular weight excluding hydrogens is 306 g/mol. The third-order valence-corrected chi connectivity index (χ3v) is 4.67. The number of amides is 1. The summed E-state index contributed by atoms with van der Waals surface area (Å²) >= 11 is 8.34. The number of hydrogen-bond donors (Lipinski definition) is 3. The van der Waals surface area contributed by atoms with E-state index >= 15 is 0 Å². The molecule has 0 radical (unpaired) electrons. The molecule has 0 fully saturated rings. The average molecular weight is 318 g/mol. The maximum atomic E-state index is 11.8. The Hall–Kier alpha value is -1.15. The van der Waals surface area contributed by atoms with Crippen molar-refractivity contribution in [1.82, 2.24) is 10.3 Å². The molecule has 0 aliphatic rings. The number of carbonyl (C=O) groups is 1. The minimum atomic E-state index is -0.752. The van der Waals surface area contributed by atoms with Crippen LogP contribution in [0.25, 0.3) is 0 Å². The van der Waals surface area contributed by atoms with E-state index in [1.807, 2.05) is 0 Å². The monoisotopic (exact) mass is 317 g/mol. The van der Waals surface area contributed by atoms with Gasteiger partial charge in [0.05, 0.1) is 10.5 Å². The van der Waals surface area contributed by atoms with Crippen LogP contribution in [0.4, 0.5) is 5.13 Å². The number of aliphatic hydroxyl groups is 1. The van der Waals surface area contributed by atoms with E-state index in [9.17, 15) is 9.90 Å². The van der Waals surface area contributed by atoms with Crippen LogP contribution in [0.3, 0.4) is 0 Å². The van der Waals surface area contributed by atoms with Crippen LogP contribution in [0.15, 0.2) is 18.3 Å². The molecule has 19 heavy (non-hydrogen) atoms. The summed E-state index contributed by atoms with van der Waals surface area (Å²) in [4.78, 5) is 17.1. The predicted octanol–water partition coefficient (Wildman–Crippen LogP) is 2.36. The molecule has 0 saturated carbocycles. The molecule has 2 aromatic rings. The van der Waals surface area contributed by atoms with E-state index in [-0.39, 0.29) is 12.5 Å². The number of thiazole rings is 1. The Morgan fingerprint density at radius 1 is 1.53 bits per heavy atom. The zero-order valence-corrected chi connectivity index (χ0v) is 12.4. The molecule has 1 unspecified atom stereocenters. The van der Waals surface area contributed by atoms with Gasteiger partial charge < -0.3 is 15.7 Å². The van der Waals surface area contributed by atoms with Gasteiger partial charge in [-0.25, -0.2) is 4.98 Å². The highest BCUT2D eigenvalue weighted by atomic mass is 35.5. The minimum Gasteiger partial charge on any atom is -0.386 e. The highest BCUT2D eigenvalue weighted by Crippen LogP contribution is 2.26. The van der Waals surface area contributed by atoms with Crippen LogP contribution in [0, 0.1) is 0 Å². The van der Waals surface area contributed by atoms with E-state index in [2.05, 4.69) is 15.6 Å². The molecule has 0 aliphatic heterocycles. The first kappa shape index (κ1) is 14.3. The second kappa shape index (κ2) is 6.33. The smallest absolute Gasteiger partial charge is 0.263 e. The van der Waals surface area contributed by atoms with Crippen LogP contribution in [-0.4, -0.2) is 29.6 Å². The topological polar surface area (TPSA) is 74.2 Å². The quantitative estimate of drug-likeness (QED) is 0.791. The van der Waals surface area contributed by atoms with Crippen molar-refractivity contribution in [3.63, 3.8) is 0 Å². The highest BCUT2D eigenvalue weighted by Gasteiger charge is 2.14. The SMILES string of the molecule is CNc1ncc(C(=O)NCC(O)c2ccc(Cl)s2)s1. The first-order valence-corrected chi connectivity index (χ1v) is 7.46. The largest absolute Gasteiger partial charge is 0.386 e. The molecule has 5 nitrogen and oxygen atoms in total. The number of anilines is 1. The number of hydrogen-bond acceptors (Lipinski definition) is 6. The Balaban J connectivity index is 1.89. The van der Waals surface area contributed by atoms with Crippen molar-refractivity contribution in [3.8, 4) is 0 Å². The lowest BCUT2D eigenvalue weighted by Gasteiger charge is -2.09. The second-order valence-corrected chi connectivity index (χ2v) is 6.42. The maximum absolute atomic E-state index is 11.8. The first-order chi connectivity index (χ1) is 9.10. The van der Waals surface area contributed by atoms with E-state index in [0.717, 1.165) is 4.88 Å². The minimum absolute atomic E-state index is 0.141. The van der Waals surface area contributed by atoms with Gasteiger partial charge in [-0.15, -0.1) is 11.3 Å². The van der Waals surface area contributed by atoms with Gasteiger partial charge in [-0.3, -0.25) is 4.79 Å². The van der Waals surface area contributed by atoms with E-state index in [1.165, 1.54) is 28.9 Å². The summed E-state index contributed by atoms with van der Waals surface area (Å²) < 4.78 is 0.612. The molecule has 0 bridgehead atoms. The van der Waals surface area contributed by atoms with Crippen molar-refractivity contribution in [1.29, 1.82) is 0 Å². The van der Waals surface area contributed by atoms with Crippen molar-refractivity contribution in [2.24, 2.45) is 0 Å². The molecule has 0 saturated heterocycles. The fourth-order valence-electron chi connectivity index (χ4n) is 1.38. The van der Waals surface area contributed by atoms with Gasteiger partial charge in [0, 0.05) is 18.5 Å². The summed E-state index contributed by atoms with van der Waals surface area (Å²) in [5, 5.41) is 16.1. The Labute approximate surface area is 123 Å². The van der Waals surface area contributed by atoms with Gasteiger partial charge in [0.1, 0.15) is 11.0 Å². The molecular formula is C11H12ClN3O2S2. The van der Waals surface area contributed by atoms with Gasteiger partial charge in [-0.05, 0) is 12.1 Å². The highest BCUT2D eigenvalue weighted by molar-refractivity contribution is 7.17. The van der Waals surface area contributed by atoms with Gasteiger partial charge in [0.15, 0.2) is 5.13 Å². The number of nitrogens with zero attached hydrogens (tertiary/aromatic N) is 1. The van der Waals surface area contributed by atoms with Gasteiger partial charge in [-0.1, -0.05) is 22.9 Å². The van der Waals surface area contributed by atoms with Crippen molar-refractivity contribution < 1.29 is 9.90 Å². The van der Waals surface area contributed by atoms with Crippen molar-refractivity contribution >= 4 is 45.3 Å². The normalized spacial score (nSPS) is 12.2. The van der Waals surface area contributed by atoms with Crippen LogP contribution in [0.2, 0.25) is 4.34 Å². The Bertz CT molecular complexity index is 570. The van der Waals surface area contributed by atoms with Gasteiger partial charge in [-0.2, -0.15) is 0 Å². The van der Waals surface area contributed by atoms with E-state index < -0.39 is 6.10 Å². The van der Waals surface area contributed by atoms with E-state index in [4.69, 9.17) is 11.6 Å². The van der Waals surface area contributed by atoms with E-state index in [0.29, 0.717) is 14.3 Å². The average Bonchev–Trinajstić information content (AvgIpc) is 3.04. The lowest BCUT2D eigenvalue weighted by Crippen LogP contribution is -2.27. The van der Waals surface area contributed by atoms with Crippen molar-refractivity contribution in [2.75, 3.05) is 18.9 Å². The first-order valence-electron chi connectivity index (χ1n) is 5.45. The van der Waals surface area contributed by atoms with Gasteiger partial charge in [0.25, 0.3) is 5.91 Å². The summed E-state index contributed by atoms with van der Waals surface area (Å²) in [5.41, 5.74) is 0. The summed E-state index contributed by atoms with van der Waals surface area (Å²) in [6.45, 7) is 0.141. The summed E-state index contributed by atoms with van der Waals surface area (Å²) in [6.07, 6.45) is 0.749. The molecule has 2 heterocycles. The molecule has 0 spiro atoms. The lowest BCUT2D eigenvalue weighted by molar-refractivity contribution is 0.0922. The standard InChI is InChI=1S/C11H12ClN3O2S2/c1-13-11-15-5-8(19-11)10(17)14-4-6(16)7-2-3-9(12)18-7/h2-3,5-6,16H,4H2,1H3,(H,13,15)(H,14,17). The van der Waals surface area contributed by atoms with Crippen LogP contribution < -0.4 is 10.6 Å². The number of carbonyl (C=O) groups excluding carboxylic acids is 1. The molecule has 2 rings (SSSR count). The number of halogens is 1. The van der Waals surface area contributed by atoms with Crippen LogP contribution in [0.5, 0.6) is 0 Å². The molecule has 1 amide bonds. The summed E-state index contributed by atoms with van der Waals surface area (Å²) in [6, 6.07) is 3.46. The van der Waals surface area contributed by atoms with Crippen molar-refractivity contribution in [2.45, 2.75) is 6.10 Å². The van der Waals surface area contributed by atoms with Gasteiger partial charge in [0.2, 0.25) is 0 Å². The lowest BCUT2D eigenvalue weighted by atomic mass is 10.3. The van der Waals surface area contributed by atoms with Gasteiger partial charge >= 0.3 is 0 Å². The maximum Gasteiger partial charge on any atom is 0.263 e. The Morgan fingerprint density at radius 2 is 2.32 bits per heavy atom. The van der Waals surface area contributed by atoms with Crippen LogP contribution in [-0.2, 0) is 0 Å². The molecule has 8 heteroatoms. The molecule has 0 aliphatic carbocycles. The number of nitrogens with one attached hydrogen (secondary N) is 2. The fourth-order valence-corrected chi connectivity index (χ4v) is 3.11. The van der Waals surface area contributed by atoms with Crippen molar-refractivity contribution in [3.05, 3.63) is 32.4 Å². The number of thiophene rings is 1. The molecule has 3 N–H and O–H groups in total.